The van der Waals surface area contributed by atoms with Gasteiger partial charge in [0.05, 0.1) is 36.9 Å². The van der Waals surface area contributed by atoms with Gasteiger partial charge in [-0.05, 0) is 51.0 Å². The van der Waals surface area contributed by atoms with E-state index in [1.807, 2.05) is 51.1 Å². The molecule has 0 fully saturated rings. The molecule has 9 nitrogen and oxygen atoms in total. The fourth-order valence-electron chi connectivity index (χ4n) is 4.30. The highest BCUT2D eigenvalue weighted by molar-refractivity contribution is 5.86. The molecule has 0 aliphatic carbocycles. The number of amides is 2. The molecule has 0 aromatic heterocycles. The topological polar surface area (TPSA) is 131 Å². The summed E-state index contributed by atoms with van der Waals surface area (Å²) in [5, 5.41) is 15.6. The van der Waals surface area contributed by atoms with Crippen LogP contribution in [0.15, 0.2) is 42.5 Å². The van der Waals surface area contributed by atoms with Crippen molar-refractivity contribution in [2.24, 2.45) is 17.3 Å². The van der Waals surface area contributed by atoms with E-state index >= 15 is 0 Å². The van der Waals surface area contributed by atoms with E-state index in [9.17, 15) is 24.3 Å². The number of carbonyl (C=O) groups is 4. The fraction of sp³-hybridized carbons (Fsp3) is 0.613. The molecule has 1 aromatic rings. The molecular weight excluding hydrogens is 512 g/mol. The quantitative estimate of drug-likeness (QED) is 0.329. The molecule has 0 saturated carbocycles. The predicted molar refractivity (Wildman–Crippen MR) is 152 cm³/mol. The van der Waals surface area contributed by atoms with Crippen molar-refractivity contribution in [3.63, 3.8) is 0 Å². The van der Waals surface area contributed by atoms with E-state index < -0.39 is 46.9 Å². The van der Waals surface area contributed by atoms with E-state index in [-0.39, 0.29) is 50.7 Å². The van der Waals surface area contributed by atoms with E-state index in [0.29, 0.717) is 6.42 Å². The number of hydrogen-bond donors (Lipinski definition) is 3. The molecule has 1 heterocycles. The second kappa shape index (κ2) is 15.0. The normalized spacial score (nSPS) is 22.5. The molecule has 1 aliphatic rings. The maximum Gasteiger partial charge on any atom is 0.309 e. The number of aliphatic hydroxyl groups is 1. The van der Waals surface area contributed by atoms with Crippen molar-refractivity contribution in [1.82, 2.24) is 10.6 Å². The maximum atomic E-state index is 13.3. The van der Waals surface area contributed by atoms with Crippen molar-refractivity contribution < 1.29 is 33.8 Å². The molecule has 3 N–H and O–H groups in total. The largest absolute Gasteiger partial charge is 0.463 e. The fourth-order valence-corrected chi connectivity index (χ4v) is 4.30. The Morgan fingerprint density at radius 3 is 2.23 bits per heavy atom. The number of hydrogen-bond acceptors (Lipinski definition) is 7. The minimum Gasteiger partial charge on any atom is -0.463 e. The lowest BCUT2D eigenvalue weighted by atomic mass is 9.86. The summed E-state index contributed by atoms with van der Waals surface area (Å²) in [6, 6.07) is 8.56. The number of ether oxygens (including phenoxy) is 2. The Kier molecular flexibility index (Phi) is 12.4. The third-order valence-electron chi connectivity index (χ3n) is 6.64. The predicted octanol–water partition coefficient (Wildman–Crippen LogP) is 3.48. The average Bonchev–Trinajstić information content (AvgIpc) is 2.84. The summed E-state index contributed by atoms with van der Waals surface area (Å²) < 4.78 is 11.0. The lowest BCUT2D eigenvalue weighted by Crippen LogP contribution is -2.50. The zero-order chi connectivity index (χ0) is 29.9. The van der Waals surface area contributed by atoms with Crippen LogP contribution in [-0.4, -0.2) is 59.8 Å². The summed E-state index contributed by atoms with van der Waals surface area (Å²) in [6.07, 6.45) is 4.28. The molecule has 40 heavy (non-hydrogen) atoms. The number of carbonyl (C=O) groups excluding carboxylic acids is 4. The number of nitrogens with one attached hydrogen (secondary N) is 2. The smallest absolute Gasteiger partial charge is 0.309 e. The van der Waals surface area contributed by atoms with Crippen LogP contribution in [0, 0.1) is 17.3 Å². The Hall–Kier alpha value is -3.20. The zero-order valence-corrected chi connectivity index (χ0v) is 24.7. The molecule has 1 aromatic carbocycles. The van der Waals surface area contributed by atoms with Crippen LogP contribution in [-0.2, 0) is 35.1 Å². The minimum atomic E-state index is -0.730. The van der Waals surface area contributed by atoms with Gasteiger partial charge in [-0.2, -0.15) is 0 Å². The summed E-state index contributed by atoms with van der Waals surface area (Å²) in [5.74, 6) is -3.06. The summed E-state index contributed by atoms with van der Waals surface area (Å²) in [5.41, 5.74) is -0.133. The van der Waals surface area contributed by atoms with Gasteiger partial charge in [0.25, 0.3) is 0 Å². The summed E-state index contributed by atoms with van der Waals surface area (Å²) in [6.45, 7) is 10.8. The van der Waals surface area contributed by atoms with Crippen molar-refractivity contribution >= 4 is 23.8 Å². The summed E-state index contributed by atoms with van der Waals surface area (Å²) in [7, 11) is 0. The third-order valence-corrected chi connectivity index (χ3v) is 6.64. The zero-order valence-electron chi connectivity index (χ0n) is 24.7. The number of esters is 2. The highest BCUT2D eigenvalue weighted by Crippen LogP contribution is 2.24. The molecule has 2 rings (SSSR count). The Bertz CT molecular complexity index is 1020. The van der Waals surface area contributed by atoms with Gasteiger partial charge in [0.1, 0.15) is 12.2 Å². The summed E-state index contributed by atoms with van der Waals surface area (Å²) >= 11 is 0. The Morgan fingerprint density at radius 1 is 1.02 bits per heavy atom. The first-order chi connectivity index (χ1) is 18.7. The van der Waals surface area contributed by atoms with Crippen molar-refractivity contribution in [1.29, 1.82) is 0 Å². The number of cyclic esters (lactones) is 1. The van der Waals surface area contributed by atoms with Gasteiger partial charge in [-0.1, -0.05) is 63.3 Å². The molecule has 0 spiro atoms. The second-order valence-electron chi connectivity index (χ2n) is 12.5. The van der Waals surface area contributed by atoms with Gasteiger partial charge in [0.2, 0.25) is 11.8 Å². The minimum absolute atomic E-state index is 0.0643. The monoisotopic (exact) mass is 558 g/mol. The van der Waals surface area contributed by atoms with Crippen LogP contribution in [0.4, 0.5) is 0 Å². The molecule has 0 unspecified atom stereocenters. The van der Waals surface area contributed by atoms with Crippen LogP contribution >= 0.6 is 0 Å². The standard InChI is InChI=1S/C31H46N2O7/c1-30(2,3)25-20-39-29(38)23(18-27(36)40-31(4,5)6)15-11-10-14-22(28(37)33-25)17-26(35)32-24(19-34)16-21-12-8-7-9-13-21/h7-13,22-25,34H,14-20H2,1-6H3,(H,32,35)(H,33,37)/b11-10-/t22-,23-,24+,25+/m1/s1. The van der Waals surface area contributed by atoms with Gasteiger partial charge < -0.3 is 25.2 Å². The third kappa shape index (κ3) is 11.9. The van der Waals surface area contributed by atoms with Crippen LogP contribution in [0.25, 0.3) is 0 Å². The molecule has 222 valence electrons. The van der Waals surface area contributed by atoms with E-state index in [1.54, 1.807) is 32.9 Å². The Balaban J connectivity index is 2.17. The van der Waals surface area contributed by atoms with Gasteiger partial charge in [0.15, 0.2) is 0 Å². The van der Waals surface area contributed by atoms with Gasteiger partial charge in [-0.3, -0.25) is 19.2 Å². The lowest BCUT2D eigenvalue weighted by molar-refractivity contribution is -0.162. The highest BCUT2D eigenvalue weighted by atomic mass is 16.6. The molecule has 0 saturated heterocycles. The first kappa shape index (κ1) is 33.0. The van der Waals surface area contributed by atoms with Gasteiger partial charge in [-0.15, -0.1) is 0 Å². The van der Waals surface area contributed by atoms with Crippen LogP contribution in [0.3, 0.4) is 0 Å². The van der Waals surface area contributed by atoms with Gasteiger partial charge in [-0.25, -0.2) is 0 Å². The SMILES string of the molecule is CC(C)(C)OC(=O)C[C@H]1C/C=C\C[C@H](CC(=O)N[C@H](CO)Cc2ccccc2)C(=O)N[C@H](C(C)(C)C)COC1=O. The molecule has 4 atom stereocenters. The van der Waals surface area contributed by atoms with E-state index in [2.05, 4.69) is 10.6 Å². The summed E-state index contributed by atoms with van der Waals surface area (Å²) in [4.78, 5) is 51.6. The number of allylic oxidation sites excluding steroid dienone is 2. The second-order valence-corrected chi connectivity index (χ2v) is 12.5. The first-order valence-corrected chi connectivity index (χ1v) is 14.0. The molecular formula is C31H46N2O7. The van der Waals surface area contributed by atoms with E-state index in [1.165, 1.54) is 0 Å². The number of aliphatic hydroxyl groups excluding tert-OH is 1. The van der Waals surface area contributed by atoms with Crippen molar-refractivity contribution in [2.75, 3.05) is 13.2 Å². The molecule has 0 bridgehead atoms. The van der Waals surface area contributed by atoms with Crippen molar-refractivity contribution in [3.8, 4) is 0 Å². The molecule has 0 radical (unpaired) electrons. The number of benzene rings is 1. The van der Waals surface area contributed by atoms with Gasteiger partial charge in [0, 0.05) is 6.42 Å². The van der Waals surface area contributed by atoms with E-state index in [0.717, 1.165) is 5.56 Å². The average molecular weight is 559 g/mol. The van der Waals surface area contributed by atoms with Crippen molar-refractivity contribution in [3.05, 3.63) is 48.0 Å². The first-order valence-electron chi connectivity index (χ1n) is 14.0. The number of rotatable bonds is 8. The Morgan fingerprint density at radius 2 is 1.65 bits per heavy atom. The molecule has 9 heteroatoms. The van der Waals surface area contributed by atoms with Crippen molar-refractivity contribution in [2.45, 2.75) is 91.3 Å². The highest BCUT2D eigenvalue weighted by Gasteiger charge is 2.33. The van der Waals surface area contributed by atoms with Crippen LogP contribution in [0.1, 0.15) is 72.8 Å². The molecule has 1 aliphatic heterocycles. The van der Waals surface area contributed by atoms with E-state index in [4.69, 9.17) is 9.47 Å². The van der Waals surface area contributed by atoms with Crippen LogP contribution < -0.4 is 10.6 Å². The molecule has 2 amide bonds. The van der Waals surface area contributed by atoms with Crippen LogP contribution in [0.5, 0.6) is 0 Å². The van der Waals surface area contributed by atoms with Gasteiger partial charge >= 0.3 is 11.9 Å². The maximum absolute atomic E-state index is 13.3. The van der Waals surface area contributed by atoms with Crippen LogP contribution in [0.2, 0.25) is 0 Å². The Labute approximate surface area is 238 Å². The lowest BCUT2D eigenvalue weighted by Gasteiger charge is -2.33.